The Morgan fingerprint density at radius 1 is 1.27 bits per heavy atom. The number of non-ortho nitro benzene ring substituents is 1. The quantitative estimate of drug-likeness (QED) is 0.373. The van der Waals surface area contributed by atoms with Crippen LogP contribution in [-0.2, 0) is 0 Å². The highest BCUT2D eigenvalue weighted by atomic mass is 16.6. The zero-order valence-corrected chi connectivity index (χ0v) is 12.4. The highest BCUT2D eigenvalue weighted by Crippen LogP contribution is 2.29. The molecule has 8 heteroatoms. The third kappa shape index (κ3) is 4.84. The van der Waals surface area contributed by atoms with E-state index in [0.29, 0.717) is 0 Å². The molecule has 0 heterocycles. The Balaban J connectivity index is 3.01. The Morgan fingerprint density at radius 2 is 1.95 bits per heavy atom. The molecule has 116 valence electrons. The molecule has 1 aromatic rings. The van der Waals surface area contributed by atoms with Crippen LogP contribution < -0.4 is 5.43 Å². The van der Waals surface area contributed by atoms with E-state index in [0.717, 1.165) is 6.07 Å². The van der Waals surface area contributed by atoms with E-state index < -0.39 is 20.9 Å². The van der Waals surface area contributed by atoms with Crippen molar-refractivity contribution < 1.29 is 9.85 Å². The molecule has 8 nitrogen and oxygen atoms in total. The lowest BCUT2D eigenvalue weighted by molar-refractivity contribution is -0.393. The van der Waals surface area contributed by atoms with Gasteiger partial charge in [-0.15, -0.1) is 5.73 Å². The first-order valence-electron chi connectivity index (χ1n) is 6.38. The highest BCUT2D eigenvalue weighted by Gasteiger charge is 2.19. The zero-order chi connectivity index (χ0) is 16.8. The second-order valence-electron chi connectivity index (χ2n) is 5.01. The number of allylic oxidation sites excluding steroid dienone is 1. The number of nitrogens with zero attached hydrogens (tertiary/aromatic N) is 3. The largest absolute Gasteiger partial charge is 0.301 e. The molecule has 0 bridgehead atoms. The maximum Gasteiger partial charge on any atom is 0.301 e. The number of hydrogen-bond donors (Lipinski definition) is 1. The second kappa shape index (κ2) is 7.14. The minimum atomic E-state index is -0.699. The number of hydrogen-bond acceptors (Lipinski definition) is 6. The standard InChI is InChI=1S/C14H16N4O4/c1-4-5-8-14(2,3)10-15-16-12-7-6-11(17(19)20)9-13(12)18(21)22/h4,6-10,16H,1-3H3/b15-10+. The number of nitro groups is 2. The monoisotopic (exact) mass is 304 g/mol. The minimum absolute atomic E-state index is 0.0812. The van der Waals surface area contributed by atoms with Gasteiger partial charge in [-0.3, -0.25) is 25.7 Å². The number of rotatable bonds is 6. The second-order valence-corrected chi connectivity index (χ2v) is 5.01. The van der Waals surface area contributed by atoms with Gasteiger partial charge in [-0.05, 0) is 25.1 Å². The molecular formula is C14H16N4O4. The minimum Gasteiger partial charge on any atom is -0.272 e. The van der Waals surface area contributed by atoms with Crippen LogP contribution in [0.3, 0.4) is 0 Å². The Bertz CT molecular complexity index is 673. The first kappa shape index (κ1) is 17.1. The molecule has 0 amide bonds. The number of benzene rings is 1. The summed E-state index contributed by atoms with van der Waals surface area (Å²) in [6.07, 6.45) is 5.11. The molecule has 0 saturated carbocycles. The van der Waals surface area contributed by atoms with Crippen molar-refractivity contribution in [1.82, 2.24) is 0 Å². The molecule has 0 saturated heterocycles. The first-order valence-corrected chi connectivity index (χ1v) is 6.38. The van der Waals surface area contributed by atoms with Gasteiger partial charge in [0.2, 0.25) is 0 Å². The smallest absolute Gasteiger partial charge is 0.272 e. The summed E-state index contributed by atoms with van der Waals surface area (Å²) in [6, 6.07) is 3.32. The number of nitro benzene ring substituents is 2. The molecule has 1 aromatic carbocycles. The molecule has 22 heavy (non-hydrogen) atoms. The van der Waals surface area contributed by atoms with Gasteiger partial charge >= 0.3 is 5.69 Å². The molecule has 0 aromatic heterocycles. The summed E-state index contributed by atoms with van der Waals surface area (Å²) in [5.41, 5.74) is 4.40. The Labute approximate surface area is 127 Å². The topological polar surface area (TPSA) is 111 Å². The highest BCUT2D eigenvalue weighted by molar-refractivity contribution is 5.71. The van der Waals surface area contributed by atoms with Crippen molar-refractivity contribution in [2.45, 2.75) is 20.8 Å². The summed E-state index contributed by atoms with van der Waals surface area (Å²) in [5, 5.41) is 25.6. The van der Waals surface area contributed by atoms with E-state index in [1.54, 1.807) is 18.4 Å². The lowest BCUT2D eigenvalue weighted by Crippen LogP contribution is -2.10. The molecule has 1 rings (SSSR count). The fourth-order valence-electron chi connectivity index (χ4n) is 1.48. The van der Waals surface area contributed by atoms with Crippen LogP contribution in [0, 0.1) is 25.6 Å². The summed E-state index contributed by atoms with van der Waals surface area (Å²) in [5.74, 6) is 0. The van der Waals surface area contributed by atoms with E-state index >= 15 is 0 Å². The Hall–Kier alpha value is -2.99. The average molecular weight is 304 g/mol. The molecule has 0 radical (unpaired) electrons. The van der Waals surface area contributed by atoms with Crippen LogP contribution in [0.25, 0.3) is 0 Å². The maximum atomic E-state index is 11.0. The van der Waals surface area contributed by atoms with Crippen molar-refractivity contribution in [2.75, 3.05) is 5.43 Å². The molecule has 0 fully saturated rings. The van der Waals surface area contributed by atoms with Gasteiger partial charge in [0.15, 0.2) is 0 Å². The van der Waals surface area contributed by atoms with Crippen LogP contribution in [0.1, 0.15) is 20.8 Å². The van der Waals surface area contributed by atoms with Crippen molar-refractivity contribution in [2.24, 2.45) is 10.5 Å². The summed E-state index contributed by atoms with van der Waals surface area (Å²) < 4.78 is 0. The predicted octanol–water partition coefficient (Wildman–Crippen LogP) is 3.66. The van der Waals surface area contributed by atoms with E-state index in [4.69, 9.17) is 0 Å². The van der Waals surface area contributed by atoms with Crippen LogP contribution in [0.15, 0.2) is 41.2 Å². The van der Waals surface area contributed by atoms with Crippen molar-refractivity contribution in [3.8, 4) is 0 Å². The summed E-state index contributed by atoms with van der Waals surface area (Å²) in [6.45, 7) is 5.61. The van der Waals surface area contributed by atoms with Gasteiger partial charge in [0.05, 0.1) is 15.9 Å². The van der Waals surface area contributed by atoms with Gasteiger partial charge < -0.3 is 0 Å². The third-order valence-electron chi connectivity index (χ3n) is 2.59. The molecule has 1 N–H and O–H groups in total. The van der Waals surface area contributed by atoms with Crippen LogP contribution in [-0.4, -0.2) is 16.1 Å². The van der Waals surface area contributed by atoms with Crippen LogP contribution in [0.4, 0.5) is 17.1 Å². The summed E-state index contributed by atoms with van der Waals surface area (Å²) >= 11 is 0. The van der Waals surface area contributed by atoms with Gasteiger partial charge in [-0.1, -0.05) is 13.8 Å². The number of nitrogens with one attached hydrogen (secondary N) is 1. The van der Waals surface area contributed by atoms with Gasteiger partial charge in [0.25, 0.3) is 5.69 Å². The van der Waals surface area contributed by atoms with E-state index in [9.17, 15) is 20.2 Å². The lowest BCUT2D eigenvalue weighted by atomic mass is 9.96. The van der Waals surface area contributed by atoms with Crippen molar-refractivity contribution >= 4 is 23.3 Å². The molecule has 0 atom stereocenters. The fourth-order valence-corrected chi connectivity index (χ4v) is 1.48. The fraction of sp³-hybridized carbons (Fsp3) is 0.286. The van der Waals surface area contributed by atoms with Crippen molar-refractivity contribution in [1.29, 1.82) is 0 Å². The van der Waals surface area contributed by atoms with Gasteiger partial charge in [0, 0.05) is 17.7 Å². The molecule has 0 aliphatic heterocycles. The predicted molar refractivity (Wildman–Crippen MR) is 84.0 cm³/mol. The van der Waals surface area contributed by atoms with Crippen LogP contribution in [0.5, 0.6) is 0 Å². The summed E-state index contributed by atoms with van der Waals surface area (Å²) in [7, 11) is 0. The van der Waals surface area contributed by atoms with Gasteiger partial charge in [-0.2, -0.15) is 5.10 Å². The third-order valence-corrected chi connectivity index (χ3v) is 2.59. The number of hydrazone groups is 1. The Kier molecular flexibility index (Phi) is 5.54. The van der Waals surface area contributed by atoms with Crippen LogP contribution in [0.2, 0.25) is 0 Å². The normalized spacial score (nSPS) is 10.9. The van der Waals surface area contributed by atoms with Crippen molar-refractivity contribution in [3.63, 3.8) is 0 Å². The number of anilines is 1. The molecular weight excluding hydrogens is 288 g/mol. The lowest BCUT2D eigenvalue weighted by Gasteiger charge is -2.11. The van der Waals surface area contributed by atoms with Crippen LogP contribution >= 0.6 is 0 Å². The zero-order valence-electron chi connectivity index (χ0n) is 12.4. The van der Waals surface area contributed by atoms with E-state index in [2.05, 4.69) is 16.3 Å². The molecule has 0 aliphatic carbocycles. The SMILES string of the molecule is CC=C=CC(C)(C)/C=N/Nc1ccc([N+](=O)[O-])cc1[N+](=O)[O-]. The van der Waals surface area contributed by atoms with E-state index in [1.807, 2.05) is 20.8 Å². The van der Waals surface area contributed by atoms with E-state index in [1.165, 1.54) is 12.1 Å². The van der Waals surface area contributed by atoms with Crippen molar-refractivity contribution in [3.05, 3.63) is 56.3 Å². The van der Waals surface area contributed by atoms with E-state index in [-0.39, 0.29) is 11.4 Å². The maximum absolute atomic E-state index is 11.0. The van der Waals surface area contributed by atoms with Gasteiger partial charge in [-0.25, -0.2) is 0 Å². The average Bonchev–Trinajstić information content (AvgIpc) is 2.44. The molecule has 0 spiro atoms. The Morgan fingerprint density at radius 3 is 2.50 bits per heavy atom. The van der Waals surface area contributed by atoms with Gasteiger partial charge in [0.1, 0.15) is 5.69 Å². The molecule has 0 aliphatic rings. The first-order chi connectivity index (χ1) is 10.3. The molecule has 0 unspecified atom stereocenters. The summed E-state index contributed by atoms with van der Waals surface area (Å²) in [4.78, 5) is 20.2.